The first kappa shape index (κ1) is 29.3. The minimum absolute atomic E-state index is 0.00197. The average Bonchev–Trinajstić information content (AvgIpc) is 3.60. The lowest BCUT2D eigenvalue weighted by Gasteiger charge is -2.30. The summed E-state index contributed by atoms with van der Waals surface area (Å²) in [5.41, 5.74) is 6.60. The third-order valence-electron chi connectivity index (χ3n) is 7.44. The number of nitrogens with two attached hydrogens (primary N) is 1. The standard InChI is InChI=1S/C28H24F6N8O2/c29-27(30,31)15-40-12-18(2-4-23(40)43)21-9-19(13-42-25(21)38-26(35)39-42)20-11-37-41(14-20)24(16-5-7-44-8-6-16)17-1-3-22(36-10-17)28(32,33)34/h1-4,9-14,16,24H,5-8,15H2,(H2,35,39). The number of fused-ring (bicyclic) bond motifs is 1. The molecule has 6 heterocycles. The van der Waals surface area contributed by atoms with Crippen molar-refractivity contribution in [3.63, 3.8) is 0 Å². The summed E-state index contributed by atoms with van der Waals surface area (Å²) in [5.74, 6) is -0.0741. The highest BCUT2D eigenvalue weighted by Gasteiger charge is 2.34. The highest BCUT2D eigenvalue weighted by Crippen LogP contribution is 2.36. The molecule has 0 saturated carbocycles. The molecular weight excluding hydrogens is 594 g/mol. The molecule has 0 radical (unpaired) electrons. The number of pyridine rings is 3. The fraction of sp³-hybridized carbons (Fsp3) is 0.321. The van der Waals surface area contributed by atoms with E-state index < -0.39 is 36.2 Å². The third-order valence-corrected chi connectivity index (χ3v) is 7.44. The Balaban J connectivity index is 1.42. The smallest absolute Gasteiger partial charge is 0.381 e. The van der Waals surface area contributed by atoms with Gasteiger partial charge in [0, 0.05) is 66.3 Å². The van der Waals surface area contributed by atoms with Gasteiger partial charge in [0.2, 0.25) is 5.95 Å². The Morgan fingerprint density at radius 1 is 0.955 bits per heavy atom. The molecule has 1 atom stereocenters. The predicted molar refractivity (Wildman–Crippen MR) is 145 cm³/mol. The highest BCUT2D eigenvalue weighted by molar-refractivity contribution is 5.82. The summed E-state index contributed by atoms with van der Waals surface area (Å²) < 4.78 is 88.0. The summed E-state index contributed by atoms with van der Waals surface area (Å²) in [5, 5.41) is 8.72. The number of halogens is 6. The number of alkyl halides is 6. The Morgan fingerprint density at radius 3 is 2.41 bits per heavy atom. The van der Waals surface area contributed by atoms with Gasteiger partial charge in [0.15, 0.2) is 5.65 Å². The topological polar surface area (TPSA) is 118 Å². The Kier molecular flexibility index (Phi) is 7.39. The molecule has 44 heavy (non-hydrogen) atoms. The van der Waals surface area contributed by atoms with Crippen LogP contribution in [0.25, 0.3) is 27.9 Å². The lowest BCUT2D eigenvalue weighted by Crippen LogP contribution is -2.27. The van der Waals surface area contributed by atoms with Crippen LogP contribution in [0.15, 0.2) is 66.1 Å². The van der Waals surface area contributed by atoms with Crippen molar-refractivity contribution in [2.75, 3.05) is 18.9 Å². The van der Waals surface area contributed by atoms with Gasteiger partial charge < -0.3 is 15.0 Å². The van der Waals surface area contributed by atoms with Crippen LogP contribution < -0.4 is 11.3 Å². The van der Waals surface area contributed by atoms with Crippen molar-refractivity contribution in [1.82, 2.24) is 33.9 Å². The number of aromatic nitrogens is 7. The maximum absolute atomic E-state index is 13.2. The van der Waals surface area contributed by atoms with E-state index in [9.17, 15) is 31.1 Å². The Morgan fingerprint density at radius 2 is 1.73 bits per heavy atom. The molecule has 1 aliphatic heterocycles. The van der Waals surface area contributed by atoms with Gasteiger partial charge in [0.1, 0.15) is 12.2 Å². The van der Waals surface area contributed by atoms with Gasteiger partial charge >= 0.3 is 12.4 Å². The number of rotatable bonds is 6. The molecule has 1 fully saturated rings. The van der Waals surface area contributed by atoms with Crippen LogP contribution in [-0.4, -0.2) is 53.3 Å². The fourth-order valence-electron chi connectivity index (χ4n) is 5.44. The highest BCUT2D eigenvalue weighted by atomic mass is 19.4. The second-order valence-corrected chi connectivity index (χ2v) is 10.5. The zero-order valence-electron chi connectivity index (χ0n) is 22.8. The molecule has 10 nitrogen and oxygen atoms in total. The summed E-state index contributed by atoms with van der Waals surface area (Å²) in [4.78, 5) is 20.0. The van der Waals surface area contributed by atoms with Crippen LogP contribution in [0.5, 0.6) is 0 Å². The summed E-state index contributed by atoms with van der Waals surface area (Å²) >= 11 is 0. The van der Waals surface area contributed by atoms with Gasteiger partial charge in [0.25, 0.3) is 5.56 Å². The normalized spacial score (nSPS) is 15.6. The zero-order valence-corrected chi connectivity index (χ0v) is 22.8. The molecule has 0 aliphatic carbocycles. The zero-order chi connectivity index (χ0) is 31.2. The van der Waals surface area contributed by atoms with Gasteiger partial charge in [-0.3, -0.25) is 14.5 Å². The van der Waals surface area contributed by atoms with Gasteiger partial charge in [-0.25, -0.2) is 4.52 Å². The molecule has 0 bridgehead atoms. The SMILES string of the molecule is Nc1nc2c(-c3ccc(=O)n(CC(F)(F)F)c3)cc(-c3cnn(C(c4ccc(C(F)(F)F)nc4)C4CCOCC4)c3)cn2n1. The number of anilines is 1. The second kappa shape index (κ2) is 11.1. The minimum atomic E-state index is -4.61. The molecule has 1 saturated heterocycles. The maximum Gasteiger partial charge on any atom is 0.433 e. The summed E-state index contributed by atoms with van der Waals surface area (Å²) in [6.45, 7) is -0.481. The van der Waals surface area contributed by atoms with E-state index >= 15 is 0 Å². The van der Waals surface area contributed by atoms with Crippen LogP contribution in [0.2, 0.25) is 0 Å². The number of hydrogen-bond acceptors (Lipinski definition) is 7. The molecule has 2 N–H and O–H groups in total. The summed E-state index contributed by atoms with van der Waals surface area (Å²) in [6.07, 6.45) is -0.647. The number of nitrogens with zero attached hydrogens (tertiary/aromatic N) is 7. The quantitative estimate of drug-likeness (QED) is 0.266. The van der Waals surface area contributed by atoms with Crippen LogP contribution >= 0.6 is 0 Å². The Labute approximate surface area is 244 Å². The van der Waals surface area contributed by atoms with E-state index in [1.807, 2.05) is 0 Å². The van der Waals surface area contributed by atoms with Crippen LogP contribution in [0.3, 0.4) is 0 Å². The van der Waals surface area contributed by atoms with Crippen molar-refractivity contribution >= 4 is 11.6 Å². The van der Waals surface area contributed by atoms with E-state index in [0.29, 0.717) is 52.9 Å². The first-order chi connectivity index (χ1) is 20.9. The van der Waals surface area contributed by atoms with E-state index in [0.717, 1.165) is 18.3 Å². The van der Waals surface area contributed by atoms with Crippen molar-refractivity contribution in [2.24, 2.45) is 5.92 Å². The first-order valence-corrected chi connectivity index (χ1v) is 13.4. The van der Waals surface area contributed by atoms with Gasteiger partial charge in [-0.05, 0) is 42.5 Å². The largest absolute Gasteiger partial charge is 0.433 e. The van der Waals surface area contributed by atoms with Crippen molar-refractivity contribution in [1.29, 1.82) is 0 Å². The van der Waals surface area contributed by atoms with Crippen LogP contribution in [0.1, 0.15) is 30.1 Å². The monoisotopic (exact) mass is 618 g/mol. The lowest BCUT2D eigenvalue weighted by molar-refractivity contribution is -0.142. The minimum Gasteiger partial charge on any atom is -0.381 e. The van der Waals surface area contributed by atoms with E-state index in [-0.39, 0.29) is 23.1 Å². The van der Waals surface area contributed by atoms with E-state index in [1.165, 1.54) is 22.8 Å². The molecule has 0 spiro atoms. The molecule has 230 valence electrons. The third kappa shape index (κ3) is 6.02. The van der Waals surface area contributed by atoms with Gasteiger partial charge in [-0.2, -0.15) is 36.4 Å². The predicted octanol–water partition coefficient (Wildman–Crippen LogP) is 5.00. The van der Waals surface area contributed by atoms with E-state index in [1.54, 1.807) is 29.3 Å². The van der Waals surface area contributed by atoms with Crippen LogP contribution in [-0.2, 0) is 17.5 Å². The lowest BCUT2D eigenvalue weighted by atomic mass is 9.87. The summed E-state index contributed by atoms with van der Waals surface area (Å²) in [7, 11) is 0. The molecule has 6 rings (SSSR count). The molecule has 5 aromatic rings. The molecule has 0 aromatic carbocycles. The number of ether oxygens (including phenoxy) is 1. The van der Waals surface area contributed by atoms with Gasteiger partial charge in [-0.15, -0.1) is 5.10 Å². The van der Waals surface area contributed by atoms with Crippen LogP contribution in [0, 0.1) is 5.92 Å². The van der Waals surface area contributed by atoms with E-state index in [4.69, 9.17) is 10.5 Å². The molecule has 1 unspecified atom stereocenters. The number of hydrogen-bond donors (Lipinski definition) is 1. The second-order valence-electron chi connectivity index (χ2n) is 10.5. The van der Waals surface area contributed by atoms with Crippen LogP contribution in [0.4, 0.5) is 32.3 Å². The van der Waals surface area contributed by atoms with E-state index in [2.05, 4.69) is 20.2 Å². The molecule has 5 aromatic heterocycles. The molecular formula is C28H24F6N8O2. The fourth-order valence-corrected chi connectivity index (χ4v) is 5.44. The molecule has 0 amide bonds. The van der Waals surface area contributed by atoms with Crippen molar-refractivity contribution in [2.45, 2.75) is 37.8 Å². The van der Waals surface area contributed by atoms with Gasteiger partial charge in [-0.1, -0.05) is 6.07 Å². The average molecular weight is 619 g/mol. The Bertz CT molecular complexity index is 1850. The molecule has 16 heteroatoms. The maximum atomic E-state index is 13.2. The van der Waals surface area contributed by atoms with Crippen molar-refractivity contribution in [3.8, 4) is 22.3 Å². The summed E-state index contributed by atoms with van der Waals surface area (Å²) in [6, 6.07) is 6.00. The Hall–Kier alpha value is -4.73. The molecule has 1 aliphatic rings. The number of nitrogen functional groups attached to an aromatic ring is 1. The van der Waals surface area contributed by atoms with Crippen molar-refractivity contribution < 1.29 is 31.1 Å². The van der Waals surface area contributed by atoms with Crippen molar-refractivity contribution in [3.05, 3.63) is 82.9 Å². The first-order valence-electron chi connectivity index (χ1n) is 13.4. The van der Waals surface area contributed by atoms with Gasteiger partial charge in [0.05, 0.1) is 12.2 Å².